The number of rotatable bonds is 3. The number of amides is 2. The summed E-state index contributed by atoms with van der Waals surface area (Å²) in [6.07, 6.45) is 6.11. The molecule has 2 aliphatic rings. The van der Waals surface area contributed by atoms with Crippen LogP contribution in [0.5, 0.6) is 0 Å². The second kappa shape index (κ2) is 5.41. The Morgan fingerprint density at radius 2 is 2.21 bits per heavy atom. The van der Waals surface area contributed by atoms with Gasteiger partial charge in [-0.2, -0.15) is 0 Å². The summed E-state index contributed by atoms with van der Waals surface area (Å²) in [5.74, 6) is 1.17. The second-order valence-corrected chi connectivity index (χ2v) is 5.74. The van der Waals surface area contributed by atoms with Crippen molar-refractivity contribution < 1.29 is 4.79 Å². The molecule has 0 heterocycles. The SMILES string of the molecule is O=C(NCCCl)Nc1ccc2c3c1CCCC3CC2. The molecule has 0 bridgehead atoms. The molecular formula is C15H19ClN2O. The fourth-order valence-corrected chi connectivity index (χ4v) is 3.54. The van der Waals surface area contributed by atoms with Gasteiger partial charge < -0.3 is 10.6 Å². The fraction of sp³-hybridized carbons (Fsp3) is 0.533. The van der Waals surface area contributed by atoms with Crippen molar-refractivity contribution in [3.8, 4) is 0 Å². The lowest BCUT2D eigenvalue weighted by atomic mass is 9.83. The number of anilines is 1. The van der Waals surface area contributed by atoms with Crippen molar-refractivity contribution in [2.75, 3.05) is 17.7 Å². The molecule has 0 radical (unpaired) electrons. The first-order valence-electron chi connectivity index (χ1n) is 7.05. The molecule has 4 heteroatoms. The molecule has 1 atom stereocenters. The van der Waals surface area contributed by atoms with Gasteiger partial charge in [-0.3, -0.25) is 0 Å². The van der Waals surface area contributed by atoms with Crippen LogP contribution in [0.25, 0.3) is 0 Å². The van der Waals surface area contributed by atoms with Crippen LogP contribution in [0.2, 0.25) is 0 Å². The summed E-state index contributed by atoms with van der Waals surface area (Å²) >= 11 is 5.57. The maximum atomic E-state index is 11.8. The van der Waals surface area contributed by atoms with Crippen molar-refractivity contribution in [3.63, 3.8) is 0 Å². The molecular weight excluding hydrogens is 260 g/mol. The van der Waals surface area contributed by atoms with Crippen LogP contribution in [0.4, 0.5) is 10.5 Å². The highest BCUT2D eigenvalue weighted by Gasteiger charge is 2.29. The van der Waals surface area contributed by atoms with Gasteiger partial charge >= 0.3 is 6.03 Å². The lowest BCUT2D eigenvalue weighted by Gasteiger charge is -2.24. The fourth-order valence-electron chi connectivity index (χ4n) is 3.44. The Morgan fingerprint density at radius 1 is 1.32 bits per heavy atom. The lowest BCUT2D eigenvalue weighted by Crippen LogP contribution is -2.30. The smallest absolute Gasteiger partial charge is 0.319 e. The van der Waals surface area contributed by atoms with E-state index in [1.807, 2.05) is 0 Å². The molecule has 0 aromatic heterocycles. The van der Waals surface area contributed by atoms with E-state index in [4.69, 9.17) is 11.6 Å². The van der Waals surface area contributed by atoms with E-state index in [0.717, 1.165) is 18.0 Å². The summed E-state index contributed by atoms with van der Waals surface area (Å²) < 4.78 is 0. The number of carbonyl (C=O) groups excluding carboxylic acids is 1. The summed E-state index contributed by atoms with van der Waals surface area (Å²) in [6, 6.07) is 4.08. The molecule has 0 aliphatic heterocycles. The first kappa shape index (κ1) is 12.8. The van der Waals surface area contributed by atoms with Crippen LogP contribution in [0.1, 0.15) is 41.9 Å². The summed E-state index contributed by atoms with van der Waals surface area (Å²) in [5.41, 5.74) is 5.37. The normalized spacial score (nSPS) is 19.9. The number of hydrogen-bond acceptors (Lipinski definition) is 1. The summed E-state index contributed by atoms with van der Waals surface area (Å²) in [6.45, 7) is 0.496. The Balaban J connectivity index is 1.83. The van der Waals surface area contributed by atoms with E-state index in [1.54, 1.807) is 0 Å². The number of nitrogens with one attached hydrogen (secondary N) is 2. The van der Waals surface area contributed by atoms with Gasteiger partial charge in [-0.15, -0.1) is 11.6 Å². The molecule has 1 unspecified atom stereocenters. The standard InChI is InChI=1S/C15H19ClN2O/c16-8-9-17-15(19)18-13-7-6-11-5-4-10-2-1-3-12(13)14(10)11/h6-7,10H,1-5,8-9H2,(H2,17,18,19). The van der Waals surface area contributed by atoms with Gasteiger partial charge in [0.15, 0.2) is 0 Å². The third-order valence-electron chi connectivity index (χ3n) is 4.23. The topological polar surface area (TPSA) is 41.1 Å². The number of hydrogen-bond donors (Lipinski definition) is 2. The van der Waals surface area contributed by atoms with Crippen molar-refractivity contribution in [2.24, 2.45) is 0 Å². The van der Waals surface area contributed by atoms with E-state index >= 15 is 0 Å². The Hall–Kier alpha value is -1.22. The van der Waals surface area contributed by atoms with Crippen LogP contribution in [0, 0.1) is 0 Å². The molecule has 0 saturated heterocycles. The van der Waals surface area contributed by atoms with E-state index in [-0.39, 0.29) is 6.03 Å². The highest BCUT2D eigenvalue weighted by atomic mass is 35.5. The highest BCUT2D eigenvalue weighted by molar-refractivity contribution is 6.18. The number of halogens is 1. The summed E-state index contributed by atoms with van der Waals surface area (Å²) in [7, 11) is 0. The first-order chi connectivity index (χ1) is 9.29. The second-order valence-electron chi connectivity index (χ2n) is 5.36. The zero-order valence-corrected chi connectivity index (χ0v) is 11.7. The zero-order valence-electron chi connectivity index (χ0n) is 11.0. The molecule has 2 aliphatic carbocycles. The van der Waals surface area contributed by atoms with Crippen molar-refractivity contribution >= 4 is 23.3 Å². The number of alkyl halides is 1. The van der Waals surface area contributed by atoms with Crippen LogP contribution in [0.15, 0.2) is 12.1 Å². The van der Waals surface area contributed by atoms with Gasteiger partial charge in [0.1, 0.15) is 0 Å². The van der Waals surface area contributed by atoms with Gasteiger partial charge in [0, 0.05) is 18.1 Å². The molecule has 1 aromatic rings. The third kappa shape index (κ3) is 2.44. The minimum absolute atomic E-state index is 0.156. The van der Waals surface area contributed by atoms with E-state index in [1.165, 1.54) is 42.4 Å². The van der Waals surface area contributed by atoms with Crippen LogP contribution < -0.4 is 10.6 Å². The Morgan fingerprint density at radius 3 is 3.05 bits per heavy atom. The molecule has 0 saturated carbocycles. The van der Waals surface area contributed by atoms with E-state index in [9.17, 15) is 4.79 Å². The first-order valence-corrected chi connectivity index (χ1v) is 7.58. The maximum Gasteiger partial charge on any atom is 0.319 e. The number of carbonyl (C=O) groups is 1. The van der Waals surface area contributed by atoms with Crippen LogP contribution in [-0.2, 0) is 12.8 Å². The molecule has 3 rings (SSSR count). The number of benzene rings is 1. The molecule has 0 spiro atoms. The van der Waals surface area contributed by atoms with Crippen molar-refractivity contribution in [1.29, 1.82) is 0 Å². The Labute approximate surface area is 118 Å². The molecule has 0 fully saturated rings. The Bertz CT molecular complexity index is 501. The monoisotopic (exact) mass is 278 g/mol. The van der Waals surface area contributed by atoms with Crippen LogP contribution in [-0.4, -0.2) is 18.5 Å². The third-order valence-corrected chi connectivity index (χ3v) is 4.41. The largest absolute Gasteiger partial charge is 0.337 e. The van der Waals surface area contributed by atoms with E-state index < -0.39 is 0 Å². The minimum atomic E-state index is -0.156. The molecule has 1 aromatic carbocycles. The van der Waals surface area contributed by atoms with E-state index in [2.05, 4.69) is 22.8 Å². The number of urea groups is 1. The zero-order chi connectivity index (χ0) is 13.2. The summed E-state index contributed by atoms with van der Waals surface area (Å²) in [4.78, 5) is 11.8. The maximum absolute atomic E-state index is 11.8. The lowest BCUT2D eigenvalue weighted by molar-refractivity contribution is 0.252. The molecule has 2 N–H and O–H groups in total. The van der Waals surface area contributed by atoms with Crippen LogP contribution in [0.3, 0.4) is 0 Å². The average Bonchev–Trinajstić information content (AvgIpc) is 2.85. The van der Waals surface area contributed by atoms with Crippen LogP contribution >= 0.6 is 11.6 Å². The van der Waals surface area contributed by atoms with Gasteiger partial charge in [-0.1, -0.05) is 6.07 Å². The quantitative estimate of drug-likeness (QED) is 0.818. The average molecular weight is 279 g/mol. The van der Waals surface area contributed by atoms with E-state index in [0.29, 0.717) is 12.4 Å². The predicted octanol–water partition coefficient (Wildman–Crippen LogP) is 3.41. The molecule has 2 amide bonds. The molecule has 102 valence electrons. The van der Waals surface area contributed by atoms with Gasteiger partial charge in [-0.25, -0.2) is 4.79 Å². The van der Waals surface area contributed by atoms with Gasteiger partial charge in [0.05, 0.1) is 0 Å². The van der Waals surface area contributed by atoms with Gasteiger partial charge in [-0.05, 0) is 60.8 Å². The predicted molar refractivity (Wildman–Crippen MR) is 78.2 cm³/mol. The van der Waals surface area contributed by atoms with Gasteiger partial charge in [0.25, 0.3) is 0 Å². The van der Waals surface area contributed by atoms with Crippen molar-refractivity contribution in [1.82, 2.24) is 5.32 Å². The minimum Gasteiger partial charge on any atom is -0.337 e. The van der Waals surface area contributed by atoms with Gasteiger partial charge in [0.2, 0.25) is 0 Å². The van der Waals surface area contributed by atoms with Crippen molar-refractivity contribution in [3.05, 3.63) is 28.8 Å². The number of aryl methyl sites for hydroxylation is 1. The van der Waals surface area contributed by atoms with Crippen molar-refractivity contribution in [2.45, 2.75) is 38.0 Å². The summed E-state index contributed by atoms with van der Waals surface area (Å²) in [5, 5.41) is 5.72. The molecule has 3 nitrogen and oxygen atoms in total. The molecule has 19 heavy (non-hydrogen) atoms. The Kier molecular flexibility index (Phi) is 3.65. The highest BCUT2D eigenvalue weighted by Crippen LogP contribution is 2.44.